The molecule has 118 valence electrons. The number of imide groups is 1. The highest BCUT2D eigenvalue weighted by Gasteiger charge is 2.46. The lowest BCUT2D eigenvalue weighted by atomic mass is 9.80. The average Bonchev–Trinajstić information content (AvgIpc) is 2.48. The quantitative estimate of drug-likeness (QED) is 0.665. The van der Waals surface area contributed by atoms with Crippen LogP contribution in [0.3, 0.4) is 0 Å². The number of hydrogen-bond acceptors (Lipinski definition) is 5. The number of nitrogens with one attached hydrogen (secondary N) is 1. The first-order valence-corrected chi connectivity index (χ1v) is 7.12. The minimum atomic E-state index is -0.860. The van der Waals surface area contributed by atoms with Crippen molar-refractivity contribution in [2.75, 3.05) is 26.3 Å². The largest absolute Gasteiger partial charge is 0.444 e. The van der Waals surface area contributed by atoms with Crippen LogP contribution in [0.1, 0.15) is 33.6 Å². The summed E-state index contributed by atoms with van der Waals surface area (Å²) in [6.07, 6.45) is 0.820. The van der Waals surface area contributed by atoms with Crippen molar-refractivity contribution < 1.29 is 23.9 Å². The molecule has 2 heterocycles. The third kappa shape index (κ3) is 3.72. The van der Waals surface area contributed by atoms with E-state index in [1.54, 1.807) is 20.8 Å². The molecule has 0 aromatic heterocycles. The van der Waals surface area contributed by atoms with Gasteiger partial charge in [-0.3, -0.25) is 14.9 Å². The van der Waals surface area contributed by atoms with E-state index in [0.29, 0.717) is 19.4 Å². The molecule has 0 aromatic rings. The summed E-state index contributed by atoms with van der Waals surface area (Å²) in [5, 5.41) is 2.33. The molecule has 7 nitrogen and oxygen atoms in total. The zero-order chi connectivity index (χ0) is 15.7. The first-order valence-electron chi connectivity index (χ1n) is 7.12. The van der Waals surface area contributed by atoms with Crippen molar-refractivity contribution >= 4 is 17.9 Å². The number of hydrogen-bond donors (Lipinski definition) is 1. The molecule has 2 aliphatic heterocycles. The van der Waals surface area contributed by atoms with Gasteiger partial charge in [-0.15, -0.1) is 0 Å². The Kier molecular flexibility index (Phi) is 4.22. The summed E-state index contributed by atoms with van der Waals surface area (Å²) >= 11 is 0. The van der Waals surface area contributed by atoms with Gasteiger partial charge in [0.2, 0.25) is 5.91 Å². The Bertz CT molecular complexity index is 457. The van der Waals surface area contributed by atoms with Gasteiger partial charge in [0.15, 0.2) is 0 Å². The van der Waals surface area contributed by atoms with Gasteiger partial charge in [-0.2, -0.15) is 0 Å². The summed E-state index contributed by atoms with van der Waals surface area (Å²) in [7, 11) is 0. The molecule has 2 fully saturated rings. The first kappa shape index (κ1) is 15.8. The molecule has 2 rings (SSSR count). The number of piperidine rings is 1. The number of ether oxygens (including phenoxy) is 2. The molecule has 0 radical (unpaired) electrons. The molecule has 0 aromatic carbocycles. The second-order valence-electron chi connectivity index (χ2n) is 6.66. The first-order chi connectivity index (χ1) is 9.72. The van der Waals surface area contributed by atoms with E-state index in [2.05, 4.69) is 5.32 Å². The van der Waals surface area contributed by atoms with Gasteiger partial charge in [-0.1, -0.05) is 0 Å². The zero-order valence-electron chi connectivity index (χ0n) is 12.7. The maximum Gasteiger partial charge on any atom is 0.410 e. The fourth-order valence-electron chi connectivity index (χ4n) is 2.62. The van der Waals surface area contributed by atoms with E-state index in [-0.39, 0.29) is 25.7 Å². The van der Waals surface area contributed by atoms with Gasteiger partial charge in [-0.25, -0.2) is 4.79 Å². The summed E-state index contributed by atoms with van der Waals surface area (Å²) in [6, 6.07) is 0. The van der Waals surface area contributed by atoms with E-state index >= 15 is 0 Å². The number of nitrogens with zero attached hydrogens (tertiary/aromatic N) is 1. The molecule has 0 aliphatic carbocycles. The highest BCUT2D eigenvalue weighted by Crippen LogP contribution is 2.32. The highest BCUT2D eigenvalue weighted by molar-refractivity contribution is 5.99. The lowest BCUT2D eigenvalue weighted by Crippen LogP contribution is -2.55. The van der Waals surface area contributed by atoms with Gasteiger partial charge in [-0.05, 0) is 33.6 Å². The van der Waals surface area contributed by atoms with Crippen molar-refractivity contribution in [3.63, 3.8) is 0 Å². The van der Waals surface area contributed by atoms with Crippen LogP contribution in [-0.2, 0) is 19.1 Å². The van der Waals surface area contributed by atoms with Crippen molar-refractivity contribution in [2.24, 2.45) is 5.41 Å². The summed E-state index contributed by atoms with van der Waals surface area (Å²) in [6.45, 7) is 6.16. The van der Waals surface area contributed by atoms with Gasteiger partial charge in [0.1, 0.15) is 12.2 Å². The SMILES string of the molecule is CC(C)(C)OC(=O)N1CCCC2(COCC(=O)NC2=O)C1. The maximum atomic E-state index is 12.3. The molecule has 0 bridgehead atoms. The smallest absolute Gasteiger partial charge is 0.410 e. The van der Waals surface area contributed by atoms with Crippen molar-refractivity contribution in [3.8, 4) is 0 Å². The molecular formula is C14H22N2O5. The lowest BCUT2D eigenvalue weighted by Gasteiger charge is -2.40. The van der Waals surface area contributed by atoms with E-state index in [1.807, 2.05) is 0 Å². The van der Waals surface area contributed by atoms with Gasteiger partial charge in [0.05, 0.1) is 12.0 Å². The molecule has 2 aliphatic rings. The van der Waals surface area contributed by atoms with Crippen LogP contribution < -0.4 is 5.32 Å². The van der Waals surface area contributed by atoms with Crippen LogP contribution in [0.25, 0.3) is 0 Å². The van der Waals surface area contributed by atoms with E-state index < -0.39 is 23.0 Å². The summed E-state index contributed by atoms with van der Waals surface area (Å²) in [4.78, 5) is 37.3. The van der Waals surface area contributed by atoms with Crippen LogP contribution in [-0.4, -0.2) is 54.7 Å². The Morgan fingerprint density at radius 1 is 1.38 bits per heavy atom. The third-order valence-electron chi connectivity index (χ3n) is 3.57. The number of carbonyl (C=O) groups is 3. The Morgan fingerprint density at radius 3 is 2.76 bits per heavy atom. The normalized spacial score (nSPS) is 27.3. The van der Waals surface area contributed by atoms with Crippen LogP contribution in [0.5, 0.6) is 0 Å². The molecule has 2 saturated heterocycles. The fourth-order valence-corrected chi connectivity index (χ4v) is 2.62. The van der Waals surface area contributed by atoms with Gasteiger partial charge in [0, 0.05) is 13.1 Å². The predicted molar refractivity (Wildman–Crippen MR) is 73.4 cm³/mol. The zero-order valence-corrected chi connectivity index (χ0v) is 12.7. The second-order valence-corrected chi connectivity index (χ2v) is 6.66. The standard InChI is InChI=1S/C14H22N2O5/c1-13(2,3)21-12(19)16-6-4-5-14(8-16)9-20-7-10(17)15-11(14)18/h4-9H2,1-3H3,(H,15,17,18). The minimum absolute atomic E-state index is 0.125. The van der Waals surface area contributed by atoms with Crippen LogP contribution in [0.2, 0.25) is 0 Å². The van der Waals surface area contributed by atoms with Crippen molar-refractivity contribution in [2.45, 2.75) is 39.2 Å². The Balaban J connectivity index is 2.10. The van der Waals surface area contributed by atoms with Gasteiger partial charge < -0.3 is 14.4 Å². The molecule has 1 unspecified atom stereocenters. The highest BCUT2D eigenvalue weighted by atomic mass is 16.6. The molecule has 1 N–H and O–H groups in total. The lowest BCUT2D eigenvalue weighted by molar-refractivity contribution is -0.137. The Morgan fingerprint density at radius 2 is 2.10 bits per heavy atom. The number of carbonyl (C=O) groups excluding carboxylic acids is 3. The molecule has 1 spiro atoms. The summed E-state index contributed by atoms with van der Waals surface area (Å²) < 4.78 is 10.6. The average molecular weight is 298 g/mol. The summed E-state index contributed by atoms with van der Waals surface area (Å²) in [5.74, 6) is -0.801. The Hall–Kier alpha value is -1.63. The topological polar surface area (TPSA) is 84.9 Å². The second kappa shape index (κ2) is 5.63. The van der Waals surface area contributed by atoms with Gasteiger partial charge in [0.25, 0.3) is 5.91 Å². The number of likely N-dealkylation sites (tertiary alicyclic amines) is 1. The van der Waals surface area contributed by atoms with Crippen molar-refractivity contribution in [1.82, 2.24) is 10.2 Å². The monoisotopic (exact) mass is 298 g/mol. The maximum absolute atomic E-state index is 12.3. The molecule has 7 heteroatoms. The fraction of sp³-hybridized carbons (Fsp3) is 0.786. The third-order valence-corrected chi connectivity index (χ3v) is 3.57. The molecule has 3 amide bonds. The summed E-state index contributed by atoms with van der Waals surface area (Å²) in [5.41, 5.74) is -1.44. The van der Waals surface area contributed by atoms with E-state index in [4.69, 9.17) is 9.47 Å². The Labute approximate surface area is 123 Å². The van der Waals surface area contributed by atoms with E-state index in [1.165, 1.54) is 4.90 Å². The number of rotatable bonds is 0. The molecule has 1 atom stereocenters. The van der Waals surface area contributed by atoms with Crippen LogP contribution >= 0.6 is 0 Å². The van der Waals surface area contributed by atoms with E-state index in [0.717, 1.165) is 0 Å². The number of amides is 3. The molecule has 21 heavy (non-hydrogen) atoms. The van der Waals surface area contributed by atoms with E-state index in [9.17, 15) is 14.4 Å². The van der Waals surface area contributed by atoms with Crippen LogP contribution in [0.15, 0.2) is 0 Å². The predicted octanol–water partition coefficient (Wildman–Crippen LogP) is 0.677. The van der Waals surface area contributed by atoms with Crippen molar-refractivity contribution in [3.05, 3.63) is 0 Å². The van der Waals surface area contributed by atoms with Crippen LogP contribution in [0, 0.1) is 5.41 Å². The minimum Gasteiger partial charge on any atom is -0.444 e. The van der Waals surface area contributed by atoms with Crippen molar-refractivity contribution in [1.29, 1.82) is 0 Å². The van der Waals surface area contributed by atoms with Crippen LogP contribution in [0.4, 0.5) is 4.79 Å². The molecule has 0 saturated carbocycles. The molecular weight excluding hydrogens is 276 g/mol. The van der Waals surface area contributed by atoms with Gasteiger partial charge >= 0.3 is 6.09 Å².